The van der Waals surface area contributed by atoms with Crippen LogP contribution in [0.25, 0.3) is 11.1 Å². The van der Waals surface area contributed by atoms with Crippen LogP contribution in [0.15, 0.2) is 36.4 Å². The van der Waals surface area contributed by atoms with Gasteiger partial charge in [0.2, 0.25) is 0 Å². The summed E-state index contributed by atoms with van der Waals surface area (Å²) in [6.45, 7) is 0.0738. The molecule has 0 amide bonds. The van der Waals surface area contributed by atoms with Gasteiger partial charge in [-0.05, 0) is 78.6 Å². The number of aryl methyl sites for hydroxylation is 2. The second-order valence-corrected chi connectivity index (χ2v) is 10.5. The highest BCUT2D eigenvalue weighted by Crippen LogP contribution is 2.36. The van der Waals surface area contributed by atoms with Gasteiger partial charge in [0.05, 0.1) is 24.2 Å². The molecule has 1 fully saturated rings. The number of carbonyl (C=O) groups excluding carboxylic acids is 1. The van der Waals surface area contributed by atoms with Crippen molar-refractivity contribution in [2.45, 2.75) is 37.7 Å². The number of esters is 1. The molecule has 0 atom stereocenters. The molecule has 1 aliphatic carbocycles. The molecule has 6 nitrogen and oxygen atoms in total. The number of methoxy groups -OCH3 is 1. The van der Waals surface area contributed by atoms with Crippen LogP contribution in [0.4, 0.5) is 0 Å². The minimum Gasteiger partial charge on any atom is -0.491 e. The van der Waals surface area contributed by atoms with Crippen LogP contribution in [0.5, 0.6) is 5.75 Å². The predicted molar refractivity (Wildman–Crippen MR) is 114 cm³/mol. The second-order valence-electron chi connectivity index (χ2n) is 8.20. The van der Waals surface area contributed by atoms with Crippen molar-refractivity contribution in [3.63, 3.8) is 0 Å². The summed E-state index contributed by atoms with van der Waals surface area (Å²) in [5.41, 5.74) is 3.86. The van der Waals surface area contributed by atoms with Crippen molar-refractivity contribution in [1.29, 1.82) is 0 Å². The molecule has 0 bridgehead atoms. The number of ether oxygens (including phenoxy) is 2. The van der Waals surface area contributed by atoms with Gasteiger partial charge in [-0.15, -0.1) is 0 Å². The monoisotopic (exact) mass is 430 g/mol. The van der Waals surface area contributed by atoms with Crippen molar-refractivity contribution in [2.24, 2.45) is 0 Å². The lowest BCUT2D eigenvalue weighted by Crippen LogP contribution is -2.43. The number of sulfone groups is 1. The third-order valence-electron chi connectivity index (χ3n) is 6.05. The Morgan fingerprint density at radius 2 is 1.77 bits per heavy atom. The van der Waals surface area contributed by atoms with Crippen molar-refractivity contribution >= 4 is 15.8 Å². The number of hydrogen-bond acceptors (Lipinski definition) is 6. The van der Waals surface area contributed by atoms with E-state index in [2.05, 4.69) is 0 Å². The predicted octanol–water partition coefficient (Wildman–Crippen LogP) is 2.95. The molecule has 7 heteroatoms. The zero-order valence-corrected chi connectivity index (χ0v) is 17.8. The first-order valence-electron chi connectivity index (χ1n) is 10.2. The summed E-state index contributed by atoms with van der Waals surface area (Å²) >= 11 is 0. The minimum absolute atomic E-state index is 0.00361. The summed E-state index contributed by atoms with van der Waals surface area (Å²) in [6.07, 6.45) is 3.20. The van der Waals surface area contributed by atoms with Crippen LogP contribution in [-0.4, -0.2) is 50.3 Å². The highest BCUT2D eigenvalue weighted by molar-refractivity contribution is 7.91. The van der Waals surface area contributed by atoms with E-state index in [1.807, 2.05) is 30.3 Å². The van der Waals surface area contributed by atoms with Crippen molar-refractivity contribution < 1.29 is 27.8 Å². The molecular formula is C23H26O6S. The molecule has 0 aromatic heterocycles. The highest BCUT2D eigenvalue weighted by atomic mass is 32.2. The van der Waals surface area contributed by atoms with Gasteiger partial charge in [-0.3, -0.25) is 0 Å². The van der Waals surface area contributed by atoms with Gasteiger partial charge in [0.25, 0.3) is 0 Å². The first-order valence-corrected chi connectivity index (χ1v) is 12.0. The summed E-state index contributed by atoms with van der Waals surface area (Å²) in [5.74, 6) is 0.293. The maximum atomic E-state index is 12.0. The van der Waals surface area contributed by atoms with Crippen molar-refractivity contribution in [2.75, 3.05) is 25.2 Å². The van der Waals surface area contributed by atoms with Gasteiger partial charge in [-0.1, -0.05) is 12.1 Å². The number of carbonyl (C=O) groups is 1. The van der Waals surface area contributed by atoms with Gasteiger partial charge in [0, 0.05) is 0 Å². The second kappa shape index (κ2) is 8.04. The molecule has 4 rings (SSSR count). The van der Waals surface area contributed by atoms with Gasteiger partial charge in [-0.25, -0.2) is 13.2 Å². The van der Waals surface area contributed by atoms with Crippen LogP contribution in [-0.2, 0) is 27.4 Å². The average Bonchev–Trinajstić information content (AvgIpc) is 2.92. The first kappa shape index (κ1) is 20.9. The number of fused-ring (bicyclic) bond motifs is 3. The topological polar surface area (TPSA) is 89.9 Å². The van der Waals surface area contributed by atoms with Gasteiger partial charge >= 0.3 is 5.97 Å². The van der Waals surface area contributed by atoms with Crippen molar-refractivity contribution in [3.8, 4) is 16.9 Å². The minimum atomic E-state index is -3.04. The molecule has 0 saturated carbocycles. The normalized spacial score (nSPS) is 19.1. The Balaban J connectivity index is 1.55. The number of rotatable bonds is 4. The van der Waals surface area contributed by atoms with E-state index in [9.17, 15) is 18.3 Å². The maximum absolute atomic E-state index is 12.0. The lowest BCUT2D eigenvalue weighted by Gasteiger charge is -2.31. The smallest absolute Gasteiger partial charge is 0.337 e. The number of aliphatic hydroxyl groups is 1. The molecule has 30 heavy (non-hydrogen) atoms. The van der Waals surface area contributed by atoms with Gasteiger partial charge in [0.15, 0.2) is 9.84 Å². The Bertz CT molecular complexity index is 1060. The molecule has 1 saturated heterocycles. The zero-order chi connectivity index (χ0) is 21.4. The molecule has 1 aliphatic heterocycles. The van der Waals surface area contributed by atoms with E-state index in [0.717, 1.165) is 36.0 Å². The third kappa shape index (κ3) is 4.37. The quantitative estimate of drug-likeness (QED) is 0.750. The van der Waals surface area contributed by atoms with E-state index in [4.69, 9.17) is 9.47 Å². The Hall–Kier alpha value is -2.38. The number of hydrogen-bond donors (Lipinski definition) is 1. The molecule has 0 radical (unpaired) electrons. The summed E-state index contributed by atoms with van der Waals surface area (Å²) in [4.78, 5) is 12.0. The SMILES string of the molecule is COC(=O)c1ccc2c(c1)-c1ccc(OCC3(O)CCS(=O)(=O)CC3)cc1CCC2. The van der Waals surface area contributed by atoms with Crippen molar-refractivity contribution in [3.05, 3.63) is 53.1 Å². The summed E-state index contributed by atoms with van der Waals surface area (Å²) < 4.78 is 34.0. The highest BCUT2D eigenvalue weighted by Gasteiger charge is 2.36. The Morgan fingerprint density at radius 3 is 2.50 bits per heavy atom. The standard InChI is InChI=1S/C23H26O6S/c1-28-22(24)18-6-5-16-3-2-4-17-13-19(7-8-20(17)21(16)14-18)29-15-23(25)9-11-30(26,27)12-10-23/h5-8,13-14,25H,2-4,9-12,15H2,1H3. The first-order chi connectivity index (χ1) is 14.3. The largest absolute Gasteiger partial charge is 0.491 e. The van der Waals surface area contributed by atoms with Gasteiger partial charge in [0.1, 0.15) is 18.0 Å². The van der Waals surface area contributed by atoms with E-state index in [0.29, 0.717) is 11.3 Å². The molecular weight excluding hydrogens is 404 g/mol. The molecule has 0 spiro atoms. The molecule has 1 heterocycles. The molecule has 1 N–H and O–H groups in total. The Kier molecular flexibility index (Phi) is 5.59. The van der Waals surface area contributed by atoms with E-state index in [-0.39, 0.29) is 36.9 Å². The maximum Gasteiger partial charge on any atom is 0.337 e. The number of benzene rings is 2. The lowest BCUT2D eigenvalue weighted by molar-refractivity contribution is -0.0128. The fourth-order valence-electron chi connectivity index (χ4n) is 4.17. The van der Waals surface area contributed by atoms with E-state index >= 15 is 0 Å². The summed E-state index contributed by atoms with van der Waals surface area (Å²) in [5, 5.41) is 10.7. The fraction of sp³-hybridized carbons (Fsp3) is 0.435. The Morgan fingerprint density at radius 1 is 1.03 bits per heavy atom. The van der Waals surface area contributed by atoms with Crippen LogP contribution in [0.1, 0.15) is 40.7 Å². The van der Waals surface area contributed by atoms with E-state index in [1.54, 1.807) is 6.07 Å². The zero-order valence-electron chi connectivity index (χ0n) is 17.0. The van der Waals surface area contributed by atoms with Gasteiger partial charge in [-0.2, -0.15) is 0 Å². The molecule has 0 unspecified atom stereocenters. The van der Waals surface area contributed by atoms with E-state index < -0.39 is 15.4 Å². The Labute approximate surface area is 176 Å². The summed E-state index contributed by atoms with van der Waals surface area (Å²) in [6, 6.07) is 11.5. The molecule has 160 valence electrons. The fourth-order valence-corrected chi connectivity index (χ4v) is 5.75. The van der Waals surface area contributed by atoms with Crippen molar-refractivity contribution in [1.82, 2.24) is 0 Å². The molecule has 2 aromatic carbocycles. The third-order valence-corrected chi connectivity index (χ3v) is 7.71. The molecule has 2 aliphatic rings. The van der Waals surface area contributed by atoms with Crippen LogP contribution >= 0.6 is 0 Å². The van der Waals surface area contributed by atoms with E-state index in [1.165, 1.54) is 12.7 Å². The summed E-state index contributed by atoms with van der Waals surface area (Å²) in [7, 11) is -1.67. The van der Waals surface area contributed by atoms with Crippen LogP contribution < -0.4 is 4.74 Å². The average molecular weight is 431 g/mol. The molecule has 2 aromatic rings. The van der Waals surface area contributed by atoms with Crippen LogP contribution in [0.2, 0.25) is 0 Å². The lowest BCUT2D eigenvalue weighted by atomic mass is 9.94. The van der Waals surface area contributed by atoms with Crippen LogP contribution in [0, 0.1) is 0 Å². The van der Waals surface area contributed by atoms with Crippen LogP contribution in [0.3, 0.4) is 0 Å². The van der Waals surface area contributed by atoms with Gasteiger partial charge < -0.3 is 14.6 Å².